The number of nitrogens with one attached hydrogen (secondary N) is 2. The molecule has 0 aliphatic heterocycles. The van der Waals surface area contributed by atoms with Gasteiger partial charge in [0.05, 0.1) is 12.2 Å². The van der Waals surface area contributed by atoms with Gasteiger partial charge < -0.3 is 10.3 Å². The summed E-state index contributed by atoms with van der Waals surface area (Å²) in [5.74, 6) is -0.553. The van der Waals surface area contributed by atoms with Crippen LogP contribution >= 0.6 is 0 Å². The van der Waals surface area contributed by atoms with Crippen molar-refractivity contribution >= 4 is 5.91 Å². The monoisotopic (exact) mass is 260 g/mol. The fraction of sp³-hybridized carbons (Fsp3) is 0.167. The van der Waals surface area contributed by atoms with Crippen molar-refractivity contribution in [3.63, 3.8) is 0 Å². The molecule has 2 N–H and O–H groups in total. The second-order valence-corrected chi connectivity index (χ2v) is 3.88. The van der Waals surface area contributed by atoms with Gasteiger partial charge in [-0.1, -0.05) is 6.07 Å². The summed E-state index contributed by atoms with van der Waals surface area (Å²) in [4.78, 5) is 41.1. The number of carbonyl (C=O) groups is 1. The Morgan fingerprint density at radius 3 is 2.89 bits per heavy atom. The molecule has 0 spiro atoms. The molecule has 7 heteroatoms. The number of hydrogen-bond acceptors (Lipinski definition) is 4. The SMILES string of the molecule is Cn1c(=O)[nH]cc(C(=O)NCc2ccccn2)c1=O. The van der Waals surface area contributed by atoms with E-state index in [0.717, 1.165) is 10.8 Å². The molecule has 0 bridgehead atoms. The van der Waals surface area contributed by atoms with Gasteiger partial charge in [-0.25, -0.2) is 4.79 Å². The lowest BCUT2D eigenvalue weighted by Crippen LogP contribution is -2.38. The summed E-state index contributed by atoms with van der Waals surface area (Å²) in [6.07, 6.45) is 2.72. The summed E-state index contributed by atoms with van der Waals surface area (Å²) in [5.41, 5.74) is -0.635. The molecule has 2 aromatic heterocycles. The van der Waals surface area contributed by atoms with Crippen molar-refractivity contribution in [2.75, 3.05) is 0 Å². The minimum Gasteiger partial charge on any atom is -0.346 e. The summed E-state index contributed by atoms with van der Waals surface area (Å²) >= 11 is 0. The highest BCUT2D eigenvalue weighted by Gasteiger charge is 2.12. The number of pyridine rings is 1. The first-order valence-electron chi connectivity index (χ1n) is 5.56. The molecule has 2 aromatic rings. The van der Waals surface area contributed by atoms with Crippen molar-refractivity contribution < 1.29 is 4.79 Å². The maximum absolute atomic E-state index is 11.8. The van der Waals surface area contributed by atoms with E-state index in [1.54, 1.807) is 24.4 Å². The fourth-order valence-corrected chi connectivity index (χ4v) is 1.50. The molecule has 0 aliphatic rings. The third-order valence-electron chi connectivity index (χ3n) is 2.58. The van der Waals surface area contributed by atoms with Crippen molar-refractivity contribution in [1.29, 1.82) is 0 Å². The number of rotatable bonds is 3. The standard InChI is InChI=1S/C12H12N4O3/c1-16-11(18)9(7-15-12(16)19)10(17)14-6-8-4-2-3-5-13-8/h2-5,7H,6H2,1H3,(H,14,17)(H,15,19). The molecule has 0 atom stereocenters. The number of hydrogen-bond donors (Lipinski definition) is 2. The number of carbonyl (C=O) groups excluding carboxylic acids is 1. The Labute approximate surface area is 107 Å². The topological polar surface area (TPSA) is 96.8 Å². The van der Waals surface area contributed by atoms with Gasteiger partial charge in [0.15, 0.2) is 0 Å². The van der Waals surface area contributed by atoms with E-state index in [1.807, 2.05) is 0 Å². The zero-order valence-corrected chi connectivity index (χ0v) is 10.2. The van der Waals surface area contributed by atoms with Crippen LogP contribution in [-0.2, 0) is 13.6 Å². The zero-order chi connectivity index (χ0) is 13.8. The number of H-pyrrole nitrogens is 1. The van der Waals surface area contributed by atoms with Crippen LogP contribution in [0.4, 0.5) is 0 Å². The second-order valence-electron chi connectivity index (χ2n) is 3.88. The molecule has 0 aromatic carbocycles. The van der Waals surface area contributed by atoms with Gasteiger partial charge in [0.2, 0.25) is 0 Å². The Balaban J connectivity index is 2.15. The number of aromatic amines is 1. The molecule has 0 fully saturated rings. The third-order valence-corrected chi connectivity index (χ3v) is 2.58. The van der Waals surface area contributed by atoms with Crippen LogP contribution in [0.15, 0.2) is 40.2 Å². The molecule has 98 valence electrons. The first-order chi connectivity index (χ1) is 9.09. The summed E-state index contributed by atoms with van der Waals surface area (Å²) in [6, 6.07) is 5.32. The van der Waals surface area contributed by atoms with Crippen molar-refractivity contribution in [2.24, 2.45) is 7.05 Å². The van der Waals surface area contributed by atoms with Crippen LogP contribution in [0.25, 0.3) is 0 Å². The van der Waals surface area contributed by atoms with E-state index in [9.17, 15) is 14.4 Å². The predicted molar refractivity (Wildman–Crippen MR) is 67.7 cm³/mol. The number of aromatic nitrogens is 3. The van der Waals surface area contributed by atoms with E-state index in [-0.39, 0.29) is 12.1 Å². The Kier molecular flexibility index (Phi) is 3.56. The second kappa shape index (κ2) is 5.30. The van der Waals surface area contributed by atoms with Gasteiger partial charge in [-0.3, -0.25) is 19.1 Å². The Morgan fingerprint density at radius 1 is 1.42 bits per heavy atom. The fourth-order valence-electron chi connectivity index (χ4n) is 1.50. The predicted octanol–water partition coefficient (Wildman–Crippen LogP) is -0.601. The third kappa shape index (κ3) is 2.76. The molecule has 2 rings (SSSR count). The highest BCUT2D eigenvalue weighted by Crippen LogP contribution is 1.93. The van der Waals surface area contributed by atoms with Gasteiger partial charge in [-0.2, -0.15) is 0 Å². The minimum atomic E-state index is -0.637. The van der Waals surface area contributed by atoms with Crippen LogP contribution in [0.2, 0.25) is 0 Å². The van der Waals surface area contributed by atoms with E-state index >= 15 is 0 Å². The van der Waals surface area contributed by atoms with Gasteiger partial charge in [-0.05, 0) is 12.1 Å². The average molecular weight is 260 g/mol. The Morgan fingerprint density at radius 2 is 2.21 bits per heavy atom. The molecule has 7 nitrogen and oxygen atoms in total. The van der Waals surface area contributed by atoms with Gasteiger partial charge in [0.1, 0.15) is 5.56 Å². The summed E-state index contributed by atoms with van der Waals surface area (Å²) in [5, 5.41) is 2.57. The number of amides is 1. The van der Waals surface area contributed by atoms with Gasteiger partial charge >= 0.3 is 5.69 Å². The summed E-state index contributed by atoms with van der Waals surface area (Å²) in [7, 11) is 1.30. The van der Waals surface area contributed by atoms with E-state index in [2.05, 4.69) is 15.3 Å². The molecule has 1 amide bonds. The van der Waals surface area contributed by atoms with Crippen LogP contribution in [0.1, 0.15) is 16.1 Å². The van der Waals surface area contributed by atoms with E-state index < -0.39 is 17.2 Å². The number of nitrogens with zero attached hydrogens (tertiary/aromatic N) is 2. The zero-order valence-electron chi connectivity index (χ0n) is 10.2. The largest absolute Gasteiger partial charge is 0.346 e. The molecule has 2 heterocycles. The highest BCUT2D eigenvalue weighted by molar-refractivity contribution is 5.93. The smallest absolute Gasteiger partial charge is 0.328 e. The maximum atomic E-state index is 11.8. The Hall–Kier alpha value is -2.70. The molecular weight excluding hydrogens is 248 g/mol. The minimum absolute atomic E-state index is 0.113. The van der Waals surface area contributed by atoms with Gasteiger partial charge in [-0.15, -0.1) is 0 Å². The lowest BCUT2D eigenvalue weighted by Gasteiger charge is -2.05. The highest BCUT2D eigenvalue weighted by atomic mass is 16.2. The van der Waals surface area contributed by atoms with Crippen molar-refractivity contribution in [2.45, 2.75) is 6.54 Å². The van der Waals surface area contributed by atoms with Crippen LogP contribution < -0.4 is 16.6 Å². The molecule has 0 aliphatic carbocycles. The van der Waals surface area contributed by atoms with Gasteiger partial charge in [0, 0.05) is 19.4 Å². The first-order valence-corrected chi connectivity index (χ1v) is 5.56. The van der Waals surface area contributed by atoms with Crippen molar-refractivity contribution in [3.8, 4) is 0 Å². The molecule has 0 radical (unpaired) electrons. The lowest BCUT2D eigenvalue weighted by molar-refractivity contribution is 0.0948. The maximum Gasteiger partial charge on any atom is 0.328 e. The molecule has 0 unspecified atom stereocenters. The molecular formula is C12H12N4O3. The lowest BCUT2D eigenvalue weighted by atomic mass is 10.3. The summed E-state index contributed by atoms with van der Waals surface area (Å²) < 4.78 is 0.843. The average Bonchev–Trinajstić information content (AvgIpc) is 2.43. The quantitative estimate of drug-likeness (QED) is 0.770. The first kappa shape index (κ1) is 12.7. The normalized spacial score (nSPS) is 10.2. The van der Waals surface area contributed by atoms with Crippen molar-refractivity contribution in [3.05, 3.63) is 62.7 Å². The van der Waals surface area contributed by atoms with Crippen LogP contribution in [-0.4, -0.2) is 20.4 Å². The van der Waals surface area contributed by atoms with Gasteiger partial charge in [0.25, 0.3) is 11.5 Å². The molecule has 0 saturated carbocycles. The molecule has 19 heavy (non-hydrogen) atoms. The van der Waals surface area contributed by atoms with E-state index in [1.165, 1.54) is 7.05 Å². The van der Waals surface area contributed by atoms with Crippen LogP contribution in [0, 0.1) is 0 Å². The Bertz CT molecular complexity index is 703. The van der Waals surface area contributed by atoms with E-state index in [4.69, 9.17) is 0 Å². The van der Waals surface area contributed by atoms with E-state index in [0.29, 0.717) is 5.69 Å². The van der Waals surface area contributed by atoms with Crippen molar-refractivity contribution in [1.82, 2.24) is 19.9 Å². The van der Waals surface area contributed by atoms with Crippen LogP contribution in [0.3, 0.4) is 0 Å². The van der Waals surface area contributed by atoms with Crippen LogP contribution in [0.5, 0.6) is 0 Å². The summed E-state index contributed by atoms with van der Waals surface area (Å²) in [6.45, 7) is 0.210. The molecule has 0 saturated heterocycles.